The number of carbonyl (C=O) groups is 4. The Balaban J connectivity index is 1.73. The lowest BCUT2D eigenvalue weighted by molar-refractivity contribution is -0.122. The number of rotatable bonds is 5. The summed E-state index contributed by atoms with van der Waals surface area (Å²) in [5.41, 5.74) is 4.69. The summed E-state index contributed by atoms with van der Waals surface area (Å²) in [6.07, 6.45) is 1.51. The van der Waals surface area contributed by atoms with Crippen LogP contribution < -0.4 is 10.2 Å². The summed E-state index contributed by atoms with van der Waals surface area (Å²) in [5, 5.41) is 11.6. The van der Waals surface area contributed by atoms with Gasteiger partial charge in [0.15, 0.2) is 5.11 Å². The van der Waals surface area contributed by atoms with Crippen LogP contribution in [0.4, 0.5) is 5.69 Å². The van der Waals surface area contributed by atoms with Gasteiger partial charge in [0.05, 0.1) is 23.9 Å². The van der Waals surface area contributed by atoms with E-state index in [1.165, 1.54) is 37.5 Å². The quantitative estimate of drug-likeness (QED) is 0.229. The summed E-state index contributed by atoms with van der Waals surface area (Å²) >= 11 is 5.22. The topological polar surface area (TPSA) is 118 Å². The number of hydrogen-bond donors (Lipinski definition) is 2. The molecule has 1 aromatic heterocycles. The summed E-state index contributed by atoms with van der Waals surface area (Å²) in [5.74, 6) is -2.78. The van der Waals surface area contributed by atoms with E-state index in [0.717, 1.165) is 27.5 Å². The zero-order valence-corrected chi connectivity index (χ0v) is 21.3. The van der Waals surface area contributed by atoms with Crippen molar-refractivity contribution in [2.45, 2.75) is 20.8 Å². The number of amides is 2. The molecule has 1 saturated heterocycles. The molecule has 10 heteroatoms. The molecule has 0 bridgehead atoms. The molecular formula is C27H23N3O6S. The number of aromatic carboxylic acids is 1. The Morgan fingerprint density at radius 1 is 1.00 bits per heavy atom. The molecule has 0 atom stereocenters. The van der Waals surface area contributed by atoms with Crippen molar-refractivity contribution >= 4 is 52.8 Å². The van der Waals surface area contributed by atoms with E-state index in [1.807, 2.05) is 37.5 Å². The molecule has 9 nitrogen and oxygen atoms in total. The lowest BCUT2D eigenvalue weighted by Crippen LogP contribution is -2.54. The molecule has 0 radical (unpaired) electrons. The summed E-state index contributed by atoms with van der Waals surface area (Å²) in [6.45, 7) is 5.65. The Bertz CT molecular complexity index is 1520. The fourth-order valence-corrected chi connectivity index (χ4v) is 4.54. The molecule has 3 aromatic rings. The van der Waals surface area contributed by atoms with Gasteiger partial charge in [-0.25, -0.2) is 9.59 Å². The van der Waals surface area contributed by atoms with Crippen molar-refractivity contribution < 1.29 is 29.0 Å². The van der Waals surface area contributed by atoms with Crippen molar-refractivity contribution in [2.24, 2.45) is 0 Å². The normalized spacial score (nSPS) is 14.6. The van der Waals surface area contributed by atoms with E-state index in [-0.39, 0.29) is 16.2 Å². The van der Waals surface area contributed by atoms with Crippen LogP contribution in [-0.4, -0.2) is 45.6 Å². The number of methoxy groups -OCH3 is 1. The fourth-order valence-electron chi connectivity index (χ4n) is 4.26. The van der Waals surface area contributed by atoms with Crippen LogP contribution >= 0.6 is 12.2 Å². The third kappa shape index (κ3) is 4.66. The Morgan fingerprint density at radius 2 is 1.65 bits per heavy atom. The molecule has 2 heterocycles. The molecule has 2 aromatic carbocycles. The first-order valence-electron chi connectivity index (χ1n) is 11.2. The van der Waals surface area contributed by atoms with Crippen LogP contribution in [0.5, 0.6) is 0 Å². The van der Waals surface area contributed by atoms with Gasteiger partial charge in [0.25, 0.3) is 11.8 Å². The van der Waals surface area contributed by atoms with Gasteiger partial charge in [0.2, 0.25) is 0 Å². The Kier molecular flexibility index (Phi) is 6.78. The zero-order valence-electron chi connectivity index (χ0n) is 20.5. The second-order valence-electron chi connectivity index (χ2n) is 8.46. The minimum absolute atomic E-state index is 0.0567. The first-order chi connectivity index (χ1) is 17.5. The fraction of sp³-hybridized carbons (Fsp3) is 0.148. The molecule has 0 spiro atoms. The molecule has 2 N–H and O–H groups in total. The van der Waals surface area contributed by atoms with E-state index in [9.17, 15) is 19.2 Å². The molecule has 0 aliphatic carbocycles. The van der Waals surface area contributed by atoms with Gasteiger partial charge in [-0.05, 0) is 98.7 Å². The van der Waals surface area contributed by atoms with Crippen LogP contribution in [0.3, 0.4) is 0 Å². The number of nitrogens with zero attached hydrogens (tertiary/aromatic N) is 2. The predicted molar refractivity (Wildman–Crippen MR) is 141 cm³/mol. The highest BCUT2D eigenvalue weighted by Gasteiger charge is 2.35. The maximum absolute atomic E-state index is 13.4. The lowest BCUT2D eigenvalue weighted by Gasteiger charge is -2.29. The van der Waals surface area contributed by atoms with Crippen LogP contribution in [0.15, 0.2) is 54.1 Å². The smallest absolute Gasteiger partial charge is 0.337 e. The van der Waals surface area contributed by atoms with Crippen molar-refractivity contribution in [3.8, 4) is 5.69 Å². The molecule has 1 aliphatic heterocycles. The molecule has 37 heavy (non-hydrogen) atoms. The number of esters is 1. The monoisotopic (exact) mass is 517 g/mol. The number of carboxylic acid groups (broad SMARTS) is 1. The summed E-state index contributed by atoms with van der Waals surface area (Å²) in [6, 6.07) is 12.7. The van der Waals surface area contributed by atoms with Crippen molar-refractivity contribution in [1.29, 1.82) is 0 Å². The van der Waals surface area contributed by atoms with E-state index >= 15 is 0 Å². The molecule has 4 rings (SSSR count). The van der Waals surface area contributed by atoms with Crippen LogP contribution in [0.1, 0.15) is 43.2 Å². The van der Waals surface area contributed by atoms with E-state index in [4.69, 9.17) is 22.1 Å². The number of carbonyl (C=O) groups excluding carboxylic acids is 3. The third-order valence-corrected chi connectivity index (χ3v) is 6.39. The predicted octanol–water partition coefficient (Wildman–Crippen LogP) is 3.72. The number of aryl methyl sites for hydroxylation is 2. The molecule has 1 aliphatic rings. The van der Waals surface area contributed by atoms with E-state index in [2.05, 4.69) is 5.32 Å². The number of anilines is 1. The van der Waals surface area contributed by atoms with Crippen LogP contribution in [0, 0.1) is 20.8 Å². The number of ether oxygens (including phenoxy) is 1. The van der Waals surface area contributed by atoms with Gasteiger partial charge in [-0.15, -0.1) is 0 Å². The second kappa shape index (κ2) is 9.82. The Labute approximate surface area is 218 Å². The van der Waals surface area contributed by atoms with Crippen LogP contribution in [-0.2, 0) is 14.3 Å². The van der Waals surface area contributed by atoms with Crippen molar-refractivity contribution in [3.63, 3.8) is 0 Å². The van der Waals surface area contributed by atoms with Crippen molar-refractivity contribution in [3.05, 3.63) is 87.7 Å². The first kappa shape index (κ1) is 25.5. The average molecular weight is 518 g/mol. The van der Waals surface area contributed by atoms with E-state index in [0.29, 0.717) is 16.8 Å². The Hall–Kier alpha value is -4.57. The highest BCUT2D eigenvalue weighted by molar-refractivity contribution is 7.80. The van der Waals surface area contributed by atoms with Crippen LogP contribution in [0.2, 0.25) is 0 Å². The molecule has 188 valence electrons. The van der Waals surface area contributed by atoms with Gasteiger partial charge in [-0.2, -0.15) is 0 Å². The molecule has 0 unspecified atom stereocenters. The van der Waals surface area contributed by atoms with Gasteiger partial charge in [0, 0.05) is 17.1 Å². The number of thiocarbonyl (C=S) groups is 1. The number of aromatic nitrogens is 1. The van der Waals surface area contributed by atoms with Crippen LogP contribution in [0.25, 0.3) is 11.8 Å². The highest BCUT2D eigenvalue weighted by Crippen LogP contribution is 2.28. The number of hydrogen-bond acceptors (Lipinski definition) is 6. The average Bonchev–Trinajstić information content (AvgIpc) is 3.13. The minimum Gasteiger partial charge on any atom is -0.478 e. The number of benzene rings is 2. The molecule has 1 fully saturated rings. The highest BCUT2D eigenvalue weighted by atomic mass is 32.1. The van der Waals surface area contributed by atoms with Gasteiger partial charge < -0.3 is 14.4 Å². The summed E-state index contributed by atoms with van der Waals surface area (Å²) < 4.78 is 6.77. The largest absolute Gasteiger partial charge is 0.478 e. The lowest BCUT2D eigenvalue weighted by atomic mass is 10.1. The maximum Gasteiger partial charge on any atom is 0.337 e. The van der Waals surface area contributed by atoms with Gasteiger partial charge in [-0.3, -0.25) is 19.8 Å². The standard InChI is InChI=1S/C27H23N3O6S/c1-14-11-18(26(35)36-4)7-10-22(14)29-15(2)12-19(16(29)3)13-21-23(31)28-27(37)30(24(21)32)20-8-5-17(6-9-20)25(33)34/h5-13H,1-4H3,(H,33,34)(H,28,31,37)/b21-13+. The van der Waals surface area contributed by atoms with Crippen molar-refractivity contribution in [1.82, 2.24) is 9.88 Å². The van der Waals surface area contributed by atoms with E-state index < -0.39 is 23.8 Å². The maximum atomic E-state index is 13.4. The molecule has 2 amide bonds. The van der Waals surface area contributed by atoms with Gasteiger partial charge in [0.1, 0.15) is 5.57 Å². The second-order valence-corrected chi connectivity index (χ2v) is 8.85. The molecular weight excluding hydrogens is 494 g/mol. The summed E-state index contributed by atoms with van der Waals surface area (Å²) in [4.78, 5) is 50.3. The number of carboxylic acids is 1. The zero-order chi connectivity index (χ0) is 27.0. The first-order valence-corrected chi connectivity index (χ1v) is 11.6. The summed E-state index contributed by atoms with van der Waals surface area (Å²) in [7, 11) is 1.33. The molecule has 0 saturated carbocycles. The minimum atomic E-state index is -1.10. The van der Waals surface area contributed by atoms with Gasteiger partial charge >= 0.3 is 11.9 Å². The number of nitrogens with one attached hydrogen (secondary N) is 1. The van der Waals surface area contributed by atoms with Crippen molar-refractivity contribution in [2.75, 3.05) is 12.0 Å². The third-order valence-electron chi connectivity index (χ3n) is 6.10. The SMILES string of the molecule is COC(=O)c1ccc(-n2c(C)cc(/C=C3\C(=O)NC(=S)N(c4ccc(C(=O)O)cc4)C3=O)c2C)c(C)c1. The van der Waals surface area contributed by atoms with E-state index in [1.54, 1.807) is 12.1 Å². The van der Waals surface area contributed by atoms with Gasteiger partial charge in [-0.1, -0.05) is 0 Å². The Morgan fingerprint density at radius 3 is 2.24 bits per heavy atom.